The van der Waals surface area contributed by atoms with E-state index in [1.54, 1.807) is 11.9 Å². The highest BCUT2D eigenvalue weighted by Gasteiger charge is 2.25. The maximum Gasteiger partial charge on any atom is 0.133 e. The maximum atomic E-state index is 6.17. The molecule has 0 radical (unpaired) electrons. The minimum absolute atomic E-state index is 0.139. The van der Waals surface area contributed by atoms with Crippen LogP contribution in [0.5, 0.6) is 11.5 Å². The van der Waals surface area contributed by atoms with Crippen molar-refractivity contribution in [2.75, 3.05) is 7.11 Å². The fraction of sp³-hybridized carbons (Fsp3) is 0.0909. The van der Waals surface area contributed by atoms with Gasteiger partial charge in [-0.15, -0.1) is 0 Å². The minimum atomic E-state index is -0.139. The third-order valence-electron chi connectivity index (χ3n) is 4.69. The molecule has 0 bridgehead atoms. The van der Waals surface area contributed by atoms with Crippen LogP contribution >= 0.6 is 0 Å². The van der Waals surface area contributed by atoms with Crippen LogP contribution in [-0.2, 0) is 0 Å². The predicted octanol–water partition coefficient (Wildman–Crippen LogP) is 4.46. The highest BCUT2D eigenvalue weighted by molar-refractivity contribution is 5.73. The molecule has 0 spiro atoms. The zero-order valence-corrected chi connectivity index (χ0v) is 14.7. The molecule has 5 rings (SSSR count). The van der Waals surface area contributed by atoms with E-state index in [1.165, 1.54) is 0 Å². The van der Waals surface area contributed by atoms with E-state index in [1.807, 2.05) is 66.7 Å². The zero-order chi connectivity index (χ0) is 18.2. The van der Waals surface area contributed by atoms with Gasteiger partial charge in [0.2, 0.25) is 0 Å². The summed E-state index contributed by atoms with van der Waals surface area (Å²) >= 11 is 0. The van der Waals surface area contributed by atoms with Crippen LogP contribution in [0.1, 0.15) is 17.2 Å². The van der Waals surface area contributed by atoms with Crippen LogP contribution in [-0.4, -0.2) is 22.1 Å². The van der Waals surface area contributed by atoms with Crippen molar-refractivity contribution in [1.29, 1.82) is 0 Å². The number of hydrogen-bond donors (Lipinski definition) is 0. The highest BCUT2D eigenvalue weighted by Crippen LogP contribution is 2.38. The Labute approximate surface area is 156 Å². The van der Waals surface area contributed by atoms with Crippen molar-refractivity contribution in [3.8, 4) is 11.5 Å². The third kappa shape index (κ3) is 2.73. The molecule has 1 aliphatic rings. The number of nitrogens with zero attached hydrogens (tertiary/aromatic N) is 3. The number of hydrogen-bond acceptors (Lipinski definition) is 4. The second-order valence-corrected chi connectivity index (χ2v) is 6.35. The summed E-state index contributed by atoms with van der Waals surface area (Å²) in [5.41, 5.74) is 3.77. The lowest BCUT2D eigenvalue weighted by Gasteiger charge is -2.24. The summed E-state index contributed by atoms with van der Waals surface area (Å²) < 4.78 is 11.4. The molecule has 0 fully saturated rings. The van der Waals surface area contributed by atoms with E-state index in [9.17, 15) is 0 Å². The predicted molar refractivity (Wildman–Crippen MR) is 104 cm³/mol. The molecule has 0 N–H and O–H groups in total. The number of fused-ring (bicyclic) bond motifs is 2. The SMILES string of the molecule is COc1ccc(C2=CC(n3nc4ccccc4n3)c3ccccc3O2)cc1. The second-order valence-electron chi connectivity index (χ2n) is 6.35. The number of aromatic nitrogens is 3. The lowest BCUT2D eigenvalue weighted by Crippen LogP contribution is -2.17. The van der Waals surface area contributed by atoms with Crippen LogP contribution in [0.25, 0.3) is 16.8 Å². The molecule has 3 aromatic carbocycles. The standard InChI is InChI=1S/C22H17N3O2/c1-26-16-12-10-15(11-13-16)22-14-20(17-6-2-5-9-21(17)27-22)25-23-18-7-3-4-8-19(18)24-25/h2-14,20H,1H3. The first-order valence-corrected chi connectivity index (χ1v) is 8.76. The molecule has 1 aromatic heterocycles. The van der Waals surface area contributed by atoms with Gasteiger partial charge in [-0.05, 0) is 48.5 Å². The van der Waals surface area contributed by atoms with Gasteiger partial charge in [-0.2, -0.15) is 15.0 Å². The van der Waals surface area contributed by atoms with E-state index in [0.29, 0.717) is 0 Å². The van der Waals surface area contributed by atoms with E-state index in [-0.39, 0.29) is 6.04 Å². The number of ether oxygens (including phenoxy) is 2. The van der Waals surface area contributed by atoms with E-state index in [4.69, 9.17) is 9.47 Å². The van der Waals surface area contributed by atoms with Gasteiger partial charge in [0, 0.05) is 11.1 Å². The Morgan fingerprint density at radius 1 is 0.852 bits per heavy atom. The van der Waals surface area contributed by atoms with Gasteiger partial charge in [0.15, 0.2) is 0 Å². The minimum Gasteiger partial charge on any atom is -0.497 e. The maximum absolute atomic E-state index is 6.17. The summed E-state index contributed by atoms with van der Waals surface area (Å²) in [6.45, 7) is 0. The average molecular weight is 355 g/mol. The third-order valence-corrected chi connectivity index (χ3v) is 4.69. The van der Waals surface area contributed by atoms with Crippen molar-refractivity contribution in [3.05, 3.63) is 90.0 Å². The summed E-state index contributed by atoms with van der Waals surface area (Å²) in [5, 5.41) is 9.35. The molecule has 27 heavy (non-hydrogen) atoms. The molecule has 4 aromatic rings. The molecule has 0 saturated heterocycles. The lowest BCUT2D eigenvalue weighted by molar-refractivity contribution is 0.414. The van der Waals surface area contributed by atoms with Gasteiger partial charge in [0.1, 0.15) is 34.3 Å². The van der Waals surface area contributed by atoms with Crippen molar-refractivity contribution >= 4 is 16.8 Å². The zero-order valence-electron chi connectivity index (χ0n) is 14.7. The average Bonchev–Trinajstić information content (AvgIpc) is 3.17. The van der Waals surface area contributed by atoms with Crippen molar-refractivity contribution in [2.24, 2.45) is 0 Å². The molecule has 0 aliphatic carbocycles. The summed E-state index contributed by atoms with van der Waals surface area (Å²) in [6.07, 6.45) is 2.06. The fourth-order valence-electron chi connectivity index (χ4n) is 3.31. The van der Waals surface area contributed by atoms with Crippen LogP contribution in [0.3, 0.4) is 0 Å². The van der Waals surface area contributed by atoms with Crippen molar-refractivity contribution in [1.82, 2.24) is 15.0 Å². The van der Waals surface area contributed by atoms with Gasteiger partial charge in [0.25, 0.3) is 0 Å². The summed E-state index contributed by atoms with van der Waals surface area (Å²) in [7, 11) is 1.66. The van der Waals surface area contributed by atoms with Gasteiger partial charge in [0.05, 0.1) is 7.11 Å². The molecule has 1 unspecified atom stereocenters. The fourth-order valence-corrected chi connectivity index (χ4v) is 3.31. The van der Waals surface area contributed by atoms with E-state index in [2.05, 4.69) is 22.3 Å². The van der Waals surface area contributed by atoms with Crippen LogP contribution in [0, 0.1) is 0 Å². The Morgan fingerprint density at radius 3 is 2.22 bits per heavy atom. The Bertz CT molecular complexity index is 1110. The van der Waals surface area contributed by atoms with Crippen LogP contribution < -0.4 is 9.47 Å². The Balaban J connectivity index is 1.63. The Kier molecular flexibility index (Phi) is 3.64. The van der Waals surface area contributed by atoms with Crippen molar-refractivity contribution < 1.29 is 9.47 Å². The molecule has 0 amide bonds. The van der Waals surface area contributed by atoms with Crippen molar-refractivity contribution in [3.63, 3.8) is 0 Å². The van der Waals surface area contributed by atoms with E-state index >= 15 is 0 Å². The normalized spacial score (nSPS) is 15.7. The number of benzene rings is 3. The number of para-hydroxylation sites is 1. The molecule has 0 saturated carbocycles. The number of methoxy groups -OCH3 is 1. The highest BCUT2D eigenvalue weighted by atomic mass is 16.5. The van der Waals surface area contributed by atoms with Gasteiger partial charge in [-0.3, -0.25) is 0 Å². The first-order valence-electron chi connectivity index (χ1n) is 8.76. The molecule has 5 nitrogen and oxygen atoms in total. The van der Waals surface area contributed by atoms with Crippen LogP contribution in [0.4, 0.5) is 0 Å². The first kappa shape index (κ1) is 15.6. The topological polar surface area (TPSA) is 49.2 Å². The largest absolute Gasteiger partial charge is 0.497 e. The molecule has 1 aliphatic heterocycles. The van der Waals surface area contributed by atoms with E-state index < -0.39 is 0 Å². The van der Waals surface area contributed by atoms with Crippen LogP contribution in [0.2, 0.25) is 0 Å². The van der Waals surface area contributed by atoms with Gasteiger partial charge in [-0.25, -0.2) is 0 Å². The first-order chi connectivity index (χ1) is 13.3. The van der Waals surface area contributed by atoms with Gasteiger partial charge >= 0.3 is 0 Å². The number of rotatable bonds is 3. The summed E-state index contributed by atoms with van der Waals surface area (Å²) in [4.78, 5) is 1.76. The summed E-state index contributed by atoms with van der Waals surface area (Å²) in [5.74, 6) is 2.41. The molecule has 2 heterocycles. The smallest absolute Gasteiger partial charge is 0.133 e. The molecular weight excluding hydrogens is 338 g/mol. The monoisotopic (exact) mass is 355 g/mol. The molecule has 132 valence electrons. The molecule has 1 atom stereocenters. The molecular formula is C22H17N3O2. The lowest BCUT2D eigenvalue weighted by atomic mass is 10.0. The Hall–Kier alpha value is -3.60. The molecule has 5 heteroatoms. The number of allylic oxidation sites excluding steroid dienone is 1. The Morgan fingerprint density at radius 2 is 1.52 bits per heavy atom. The van der Waals surface area contributed by atoms with Gasteiger partial charge < -0.3 is 9.47 Å². The quantitative estimate of drug-likeness (QED) is 0.544. The van der Waals surface area contributed by atoms with Gasteiger partial charge in [-0.1, -0.05) is 30.3 Å². The van der Waals surface area contributed by atoms with Crippen LogP contribution in [0.15, 0.2) is 78.9 Å². The second kappa shape index (κ2) is 6.29. The summed E-state index contributed by atoms with van der Waals surface area (Å²) in [6, 6.07) is 23.6. The van der Waals surface area contributed by atoms with Crippen molar-refractivity contribution in [2.45, 2.75) is 6.04 Å². The van der Waals surface area contributed by atoms with E-state index in [0.717, 1.165) is 39.4 Å².